The van der Waals surface area contributed by atoms with Crippen molar-refractivity contribution in [1.29, 1.82) is 0 Å². The van der Waals surface area contributed by atoms with E-state index < -0.39 is 31.1 Å². The minimum Gasteiger partial charge on any atom is -0.393 e. The Bertz CT molecular complexity index is 1050. The molecule has 0 amide bonds. The standard InChI is InChI=1S/C12H24O6.2C6H5N3O4/c1-2-14-5-6-16-9-10-18-12-11-17-8-7-15-4-3-13-1;2*7-5-2-1-4(8(10)11)3-6(5)9(12)13/h1-12H2;2*1-3H,7H2. The van der Waals surface area contributed by atoms with E-state index in [9.17, 15) is 40.5 Å². The minimum atomic E-state index is -0.762. The zero-order chi connectivity index (χ0) is 32.7. The first-order valence-electron chi connectivity index (χ1n) is 12.9. The Hall–Kier alpha value is -4.60. The molecule has 244 valence electrons. The SMILES string of the molecule is C1COCCOCCOCCOCCOCCO1.Nc1ccc([N+](=O)[O-])cc1[N+](=O)[O-].Nc1ccc([N+](=O)[O-])cc1[N+](=O)[O-]. The third kappa shape index (κ3) is 16.1. The monoisotopic (exact) mass is 630 g/mol. The first kappa shape index (κ1) is 37.4. The average molecular weight is 631 g/mol. The number of nitro groups is 4. The summed E-state index contributed by atoms with van der Waals surface area (Å²) in [4.78, 5) is 38.1. The number of benzene rings is 2. The zero-order valence-electron chi connectivity index (χ0n) is 23.6. The van der Waals surface area contributed by atoms with E-state index in [0.29, 0.717) is 79.3 Å². The number of nitrogens with zero attached hydrogens (tertiary/aromatic N) is 4. The van der Waals surface area contributed by atoms with Gasteiger partial charge in [-0.3, -0.25) is 40.5 Å². The topological polar surface area (TPSA) is 280 Å². The summed E-state index contributed by atoms with van der Waals surface area (Å²) in [6, 6.07) is 6.15. The maximum absolute atomic E-state index is 10.3. The number of hydrogen-bond acceptors (Lipinski definition) is 16. The van der Waals surface area contributed by atoms with Crippen molar-refractivity contribution in [1.82, 2.24) is 0 Å². The Morgan fingerprint density at radius 3 is 0.841 bits per heavy atom. The lowest BCUT2D eigenvalue weighted by atomic mass is 10.2. The summed E-state index contributed by atoms with van der Waals surface area (Å²) in [5.41, 5.74) is 8.69. The number of non-ortho nitro benzene ring substituents is 2. The molecule has 1 fully saturated rings. The molecule has 44 heavy (non-hydrogen) atoms. The van der Waals surface area contributed by atoms with Gasteiger partial charge in [-0.25, -0.2) is 0 Å². The zero-order valence-corrected chi connectivity index (χ0v) is 23.6. The molecule has 1 heterocycles. The van der Waals surface area contributed by atoms with Gasteiger partial charge in [-0.1, -0.05) is 0 Å². The normalized spacial score (nSPS) is 15.5. The number of hydrogen-bond donors (Lipinski definition) is 2. The van der Waals surface area contributed by atoms with Crippen molar-refractivity contribution in [3.8, 4) is 0 Å². The highest BCUT2D eigenvalue weighted by molar-refractivity contribution is 5.62. The molecular formula is C24H34N6O14. The molecule has 0 spiro atoms. The van der Waals surface area contributed by atoms with E-state index in [1.807, 2.05) is 0 Å². The molecule has 0 saturated carbocycles. The Kier molecular flexibility index (Phi) is 18.7. The predicted molar refractivity (Wildman–Crippen MR) is 153 cm³/mol. The third-order valence-electron chi connectivity index (χ3n) is 5.08. The maximum atomic E-state index is 10.3. The van der Waals surface area contributed by atoms with Crippen LogP contribution in [0, 0.1) is 40.5 Å². The van der Waals surface area contributed by atoms with Gasteiger partial charge in [-0.15, -0.1) is 0 Å². The molecule has 0 radical (unpaired) electrons. The summed E-state index contributed by atoms with van der Waals surface area (Å²) in [6.45, 7) is 7.04. The second kappa shape index (κ2) is 22.0. The van der Waals surface area contributed by atoms with Crippen LogP contribution in [0.1, 0.15) is 0 Å². The second-order valence-corrected chi connectivity index (χ2v) is 8.19. The lowest BCUT2D eigenvalue weighted by molar-refractivity contribution is -0.393. The van der Waals surface area contributed by atoms with E-state index in [1.54, 1.807) is 0 Å². The Morgan fingerprint density at radius 2 is 0.659 bits per heavy atom. The van der Waals surface area contributed by atoms with Gasteiger partial charge in [0, 0.05) is 12.1 Å². The van der Waals surface area contributed by atoms with Crippen molar-refractivity contribution in [2.24, 2.45) is 0 Å². The summed E-state index contributed by atoms with van der Waals surface area (Å²) in [5, 5.41) is 41.1. The molecule has 20 nitrogen and oxygen atoms in total. The van der Waals surface area contributed by atoms with Crippen LogP contribution in [0.4, 0.5) is 34.1 Å². The molecule has 2 aromatic rings. The quantitative estimate of drug-likeness (QED) is 0.278. The number of nitrogens with two attached hydrogens (primary N) is 2. The van der Waals surface area contributed by atoms with Crippen LogP contribution < -0.4 is 11.5 Å². The second-order valence-electron chi connectivity index (χ2n) is 8.19. The molecule has 0 bridgehead atoms. The van der Waals surface area contributed by atoms with Crippen molar-refractivity contribution >= 4 is 34.1 Å². The molecule has 2 aromatic carbocycles. The van der Waals surface area contributed by atoms with Crippen molar-refractivity contribution in [2.75, 3.05) is 90.7 Å². The minimum absolute atomic E-state index is 0.0874. The first-order chi connectivity index (χ1) is 21.0. The molecule has 0 aliphatic carbocycles. The van der Waals surface area contributed by atoms with E-state index in [-0.39, 0.29) is 22.7 Å². The molecule has 3 rings (SSSR count). The Morgan fingerprint density at radius 1 is 0.432 bits per heavy atom. The molecule has 0 aromatic heterocycles. The predicted octanol–water partition coefficient (Wildman–Crippen LogP) is 2.27. The van der Waals surface area contributed by atoms with Crippen molar-refractivity contribution < 1.29 is 48.1 Å². The Balaban J connectivity index is 0.000000337. The Labute approximate surface area is 250 Å². The van der Waals surface area contributed by atoms with Crippen LogP contribution in [-0.2, 0) is 28.4 Å². The van der Waals surface area contributed by atoms with Crippen molar-refractivity contribution in [2.45, 2.75) is 0 Å². The third-order valence-corrected chi connectivity index (χ3v) is 5.08. The number of anilines is 2. The highest BCUT2D eigenvalue weighted by atomic mass is 16.6. The summed E-state index contributed by atoms with van der Waals surface area (Å²) in [5.74, 6) is 0. The van der Waals surface area contributed by atoms with Gasteiger partial charge in [0.05, 0.1) is 111 Å². The van der Waals surface area contributed by atoms with Gasteiger partial charge >= 0.3 is 0 Å². The van der Waals surface area contributed by atoms with E-state index in [0.717, 1.165) is 36.4 Å². The van der Waals surface area contributed by atoms with Crippen molar-refractivity contribution in [3.05, 3.63) is 76.9 Å². The van der Waals surface area contributed by atoms with Gasteiger partial charge in [0.15, 0.2) is 0 Å². The summed E-state index contributed by atoms with van der Waals surface area (Å²) >= 11 is 0. The highest BCUT2D eigenvalue weighted by Crippen LogP contribution is 2.26. The van der Waals surface area contributed by atoms with E-state index in [2.05, 4.69) is 0 Å². The van der Waals surface area contributed by atoms with E-state index in [1.165, 1.54) is 0 Å². The molecule has 1 saturated heterocycles. The van der Waals surface area contributed by atoms with Crippen LogP contribution >= 0.6 is 0 Å². The van der Waals surface area contributed by atoms with E-state index >= 15 is 0 Å². The summed E-state index contributed by atoms with van der Waals surface area (Å²) in [6.07, 6.45) is 0. The van der Waals surface area contributed by atoms with Gasteiger partial charge < -0.3 is 39.9 Å². The van der Waals surface area contributed by atoms with Crippen molar-refractivity contribution in [3.63, 3.8) is 0 Å². The fourth-order valence-electron chi connectivity index (χ4n) is 2.93. The number of nitro benzene ring substituents is 4. The lowest BCUT2D eigenvalue weighted by Gasteiger charge is -2.09. The molecule has 20 heteroatoms. The smallest absolute Gasteiger partial charge is 0.298 e. The number of rotatable bonds is 4. The molecule has 1 aliphatic rings. The molecular weight excluding hydrogens is 596 g/mol. The van der Waals surface area contributed by atoms with E-state index in [4.69, 9.17) is 39.9 Å². The molecule has 1 aliphatic heterocycles. The maximum Gasteiger partial charge on any atom is 0.298 e. The number of nitrogen functional groups attached to an aromatic ring is 2. The fourth-order valence-corrected chi connectivity index (χ4v) is 2.93. The summed E-state index contributed by atoms with van der Waals surface area (Å²) < 4.78 is 32.0. The average Bonchev–Trinajstić information content (AvgIpc) is 2.98. The van der Waals surface area contributed by atoms with Gasteiger partial charge in [0.25, 0.3) is 22.7 Å². The molecule has 0 unspecified atom stereocenters. The molecule has 4 N–H and O–H groups in total. The highest BCUT2D eigenvalue weighted by Gasteiger charge is 2.17. The number of ether oxygens (including phenoxy) is 6. The van der Waals surface area contributed by atoms with Gasteiger partial charge in [-0.2, -0.15) is 0 Å². The van der Waals surface area contributed by atoms with Crippen LogP contribution in [0.2, 0.25) is 0 Å². The van der Waals surface area contributed by atoms with Crippen LogP contribution in [0.15, 0.2) is 36.4 Å². The van der Waals surface area contributed by atoms with Crippen LogP contribution in [0.25, 0.3) is 0 Å². The molecule has 0 atom stereocenters. The van der Waals surface area contributed by atoms with Gasteiger partial charge in [0.2, 0.25) is 0 Å². The van der Waals surface area contributed by atoms with Gasteiger partial charge in [0.1, 0.15) is 11.4 Å². The summed E-state index contributed by atoms with van der Waals surface area (Å²) in [7, 11) is 0. The fraction of sp³-hybridized carbons (Fsp3) is 0.500. The van der Waals surface area contributed by atoms with Crippen LogP contribution in [0.3, 0.4) is 0 Å². The van der Waals surface area contributed by atoms with Gasteiger partial charge in [-0.05, 0) is 12.1 Å². The lowest BCUT2D eigenvalue weighted by Crippen LogP contribution is -2.16. The first-order valence-corrected chi connectivity index (χ1v) is 12.9. The van der Waals surface area contributed by atoms with Crippen LogP contribution in [0.5, 0.6) is 0 Å². The van der Waals surface area contributed by atoms with Crippen LogP contribution in [-0.4, -0.2) is 99.0 Å². The largest absolute Gasteiger partial charge is 0.393 e.